The van der Waals surface area contributed by atoms with E-state index in [0.717, 1.165) is 28.4 Å². The maximum atomic E-state index is 12.6. The molecule has 8 heteroatoms. The summed E-state index contributed by atoms with van der Waals surface area (Å²) in [4.78, 5) is 16.5. The Labute approximate surface area is 193 Å². The van der Waals surface area contributed by atoms with Crippen LogP contribution in [0.15, 0.2) is 54.6 Å². The molecule has 3 aromatic rings. The van der Waals surface area contributed by atoms with E-state index in [4.69, 9.17) is 14.2 Å². The summed E-state index contributed by atoms with van der Waals surface area (Å²) in [5.41, 5.74) is 2.54. The average molecular weight is 449 g/mol. The third kappa shape index (κ3) is 5.16. The number of nitrogens with zero attached hydrogens (tertiary/aromatic N) is 4. The Hall–Kier alpha value is -3.81. The van der Waals surface area contributed by atoms with Crippen molar-refractivity contribution < 1.29 is 19.0 Å². The maximum Gasteiger partial charge on any atom is 0.260 e. The van der Waals surface area contributed by atoms with E-state index in [1.165, 1.54) is 0 Å². The first-order valence-electron chi connectivity index (χ1n) is 10.9. The summed E-state index contributed by atoms with van der Waals surface area (Å²) in [6, 6.07) is 17.1. The van der Waals surface area contributed by atoms with Crippen LogP contribution in [0.4, 0.5) is 5.82 Å². The standard InChI is InChI=1S/C25H28N4O4/c1-18-6-4-5-7-22(18)33-17-25(30)29-14-12-28(13-15-29)24-11-9-21(26-27-24)20-16-19(31-2)8-10-23(20)32-3/h4-11,16H,12-15,17H2,1-3H3. The summed E-state index contributed by atoms with van der Waals surface area (Å²) >= 11 is 0. The van der Waals surface area contributed by atoms with Gasteiger partial charge in [0.15, 0.2) is 12.4 Å². The van der Waals surface area contributed by atoms with Crippen molar-refractivity contribution in [2.45, 2.75) is 6.92 Å². The minimum Gasteiger partial charge on any atom is -0.497 e. The van der Waals surface area contributed by atoms with Gasteiger partial charge in [-0.05, 0) is 48.9 Å². The Morgan fingerprint density at radius 2 is 1.70 bits per heavy atom. The number of hydrogen-bond donors (Lipinski definition) is 0. The van der Waals surface area contributed by atoms with Crippen LogP contribution in [0.5, 0.6) is 17.2 Å². The molecule has 1 aromatic heterocycles. The zero-order chi connectivity index (χ0) is 23.2. The monoisotopic (exact) mass is 448 g/mol. The fourth-order valence-electron chi connectivity index (χ4n) is 3.79. The largest absolute Gasteiger partial charge is 0.497 e. The zero-order valence-electron chi connectivity index (χ0n) is 19.2. The summed E-state index contributed by atoms with van der Waals surface area (Å²) in [5.74, 6) is 2.95. The topological polar surface area (TPSA) is 77.0 Å². The molecular weight excluding hydrogens is 420 g/mol. The number of ether oxygens (including phenoxy) is 3. The van der Waals surface area contributed by atoms with Crippen molar-refractivity contribution in [2.24, 2.45) is 0 Å². The predicted molar refractivity (Wildman–Crippen MR) is 126 cm³/mol. The SMILES string of the molecule is COc1ccc(OC)c(-c2ccc(N3CCN(C(=O)COc4ccccc4C)CC3)nn2)c1. The van der Waals surface area contributed by atoms with Crippen molar-refractivity contribution in [1.29, 1.82) is 0 Å². The lowest BCUT2D eigenvalue weighted by atomic mass is 10.1. The van der Waals surface area contributed by atoms with Crippen LogP contribution in [-0.2, 0) is 4.79 Å². The van der Waals surface area contributed by atoms with Crippen molar-refractivity contribution in [2.75, 3.05) is 51.9 Å². The van der Waals surface area contributed by atoms with Gasteiger partial charge in [-0.2, -0.15) is 0 Å². The predicted octanol–water partition coefficient (Wildman–Crippen LogP) is 3.20. The molecule has 0 saturated carbocycles. The summed E-state index contributed by atoms with van der Waals surface area (Å²) in [7, 11) is 3.25. The van der Waals surface area contributed by atoms with Gasteiger partial charge in [-0.25, -0.2) is 0 Å². The van der Waals surface area contributed by atoms with Crippen LogP contribution in [0.3, 0.4) is 0 Å². The fourth-order valence-corrected chi connectivity index (χ4v) is 3.79. The van der Waals surface area contributed by atoms with Gasteiger partial charge < -0.3 is 24.0 Å². The number of piperazine rings is 1. The van der Waals surface area contributed by atoms with Gasteiger partial charge in [0.05, 0.1) is 19.9 Å². The second kappa shape index (κ2) is 10.2. The van der Waals surface area contributed by atoms with E-state index in [2.05, 4.69) is 15.1 Å². The number of aryl methyl sites for hydroxylation is 1. The van der Waals surface area contributed by atoms with Gasteiger partial charge in [-0.15, -0.1) is 10.2 Å². The second-order valence-corrected chi connectivity index (χ2v) is 7.76. The Balaban J connectivity index is 1.35. The lowest BCUT2D eigenvalue weighted by Gasteiger charge is -2.35. The normalized spacial score (nSPS) is 13.5. The number of benzene rings is 2. The van der Waals surface area contributed by atoms with Crippen molar-refractivity contribution in [3.63, 3.8) is 0 Å². The van der Waals surface area contributed by atoms with Gasteiger partial charge in [0, 0.05) is 31.7 Å². The first-order valence-corrected chi connectivity index (χ1v) is 10.9. The van der Waals surface area contributed by atoms with E-state index in [1.807, 2.05) is 66.4 Å². The number of anilines is 1. The van der Waals surface area contributed by atoms with E-state index in [1.54, 1.807) is 14.2 Å². The third-order valence-corrected chi connectivity index (χ3v) is 5.73. The van der Waals surface area contributed by atoms with Crippen molar-refractivity contribution in [3.05, 3.63) is 60.2 Å². The Morgan fingerprint density at radius 1 is 0.909 bits per heavy atom. The van der Waals surface area contributed by atoms with Crippen LogP contribution in [-0.4, -0.2) is 68.0 Å². The van der Waals surface area contributed by atoms with Gasteiger partial charge in [0.2, 0.25) is 0 Å². The lowest BCUT2D eigenvalue weighted by Crippen LogP contribution is -2.50. The smallest absolute Gasteiger partial charge is 0.260 e. The molecule has 1 aliphatic heterocycles. The van der Waals surface area contributed by atoms with Crippen LogP contribution in [0.1, 0.15) is 5.56 Å². The number of carbonyl (C=O) groups is 1. The highest BCUT2D eigenvalue weighted by Crippen LogP contribution is 2.32. The molecule has 0 N–H and O–H groups in total. The van der Waals surface area contributed by atoms with Crippen LogP contribution < -0.4 is 19.1 Å². The van der Waals surface area contributed by atoms with Crippen LogP contribution in [0, 0.1) is 6.92 Å². The van der Waals surface area contributed by atoms with Crippen molar-refractivity contribution >= 4 is 11.7 Å². The maximum absolute atomic E-state index is 12.6. The molecule has 2 heterocycles. The molecule has 1 amide bonds. The number of carbonyl (C=O) groups excluding carboxylic acids is 1. The highest BCUT2D eigenvalue weighted by molar-refractivity contribution is 5.78. The van der Waals surface area contributed by atoms with E-state index >= 15 is 0 Å². The minimum atomic E-state index is -0.00976. The Morgan fingerprint density at radius 3 is 2.36 bits per heavy atom. The second-order valence-electron chi connectivity index (χ2n) is 7.76. The molecule has 2 aromatic carbocycles. The summed E-state index contributed by atoms with van der Waals surface area (Å²) < 4.78 is 16.5. The van der Waals surface area contributed by atoms with Crippen LogP contribution >= 0.6 is 0 Å². The molecule has 0 bridgehead atoms. The molecule has 8 nitrogen and oxygen atoms in total. The highest BCUT2D eigenvalue weighted by atomic mass is 16.5. The quantitative estimate of drug-likeness (QED) is 0.549. The van der Waals surface area contributed by atoms with Gasteiger partial charge in [-0.1, -0.05) is 18.2 Å². The molecular formula is C25H28N4O4. The molecule has 1 aliphatic rings. The van der Waals surface area contributed by atoms with Gasteiger partial charge >= 0.3 is 0 Å². The number of hydrogen-bond acceptors (Lipinski definition) is 7. The first-order chi connectivity index (χ1) is 16.1. The number of amides is 1. The fraction of sp³-hybridized carbons (Fsp3) is 0.320. The molecule has 1 fully saturated rings. The van der Waals surface area contributed by atoms with E-state index in [-0.39, 0.29) is 12.5 Å². The van der Waals surface area contributed by atoms with Crippen molar-refractivity contribution in [1.82, 2.24) is 15.1 Å². The number of para-hydroxylation sites is 1. The Bertz CT molecular complexity index is 1100. The van der Waals surface area contributed by atoms with Crippen molar-refractivity contribution in [3.8, 4) is 28.5 Å². The first kappa shape index (κ1) is 22.4. The molecule has 1 saturated heterocycles. The van der Waals surface area contributed by atoms with Gasteiger partial charge in [0.25, 0.3) is 5.91 Å². The Kier molecular flexibility index (Phi) is 6.92. The summed E-state index contributed by atoms with van der Waals surface area (Å²) in [6.07, 6.45) is 0. The molecule has 4 rings (SSSR count). The minimum absolute atomic E-state index is 0.00976. The number of methoxy groups -OCH3 is 2. The molecule has 0 aliphatic carbocycles. The van der Waals surface area contributed by atoms with E-state index < -0.39 is 0 Å². The van der Waals surface area contributed by atoms with Crippen LogP contribution in [0.25, 0.3) is 11.3 Å². The molecule has 172 valence electrons. The van der Waals surface area contributed by atoms with Gasteiger partial charge in [0.1, 0.15) is 17.2 Å². The summed E-state index contributed by atoms with van der Waals surface area (Å²) in [6.45, 7) is 4.61. The number of rotatable bonds is 7. The van der Waals surface area contributed by atoms with Crippen LogP contribution in [0.2, 0.25) is 0 Å². The zero-order valence-corrected chi connectivity index (χ0v) is 19.2. The molecule has 0 spiro atoms. The van der Waals surface area contributed by atoms with Gasteiger partial charge in [-0.3, -0.25) is 4.79 Å². The molecule has 0 unspecified atom stereocenters. The van der Waals surface area contributed by atoms with E-state index in [0.29, 0.717) is 37.6 Å². The lowest BCUT2D eigenvalue weighted by molar-refractivity contribution is -0.133. The number of aromatic nitrogens is 2. The molecule has 33 heavy (non-hydrogen) atoms. The highest BCUT2D eigenvalue weighted by Gasteiger charge is 2.23. The van der Waals surface area contributed by atoms with E-state index in [9.17, 15) is 4.79 Å². The molecule has 0 radical (unpaired) electrons. The molecule has 0 atom stereocenters. The summed E-state index contributed by atoms with van der Waals surface area (Å²) in [5, 5.41) is 8.82. The third-order valence-electron chi connectivity index (χ3n) is 5.73. The average Bonchev–Trinajstić information content (AvgIpc) is 2.88.